The zero-order valence-corrected chi connectivity index (χ0v) is 15.5. The van der Waals surface area contributed by atoms with Crippen molar-refractivity contribution in [2.24, 2.45) is 0 Å². The number of hydrogen-bond donors (Lipinski definition) is 2. The molecule has 1 amide bonds. The van der Waals surface area contributed by atoms with E-state index in [4.69, 9.17) is 28.6 Å². The van der Waals surface area contributed by atoms with Crippen LogP contribution in [0.3, 0.4) is 0 Å². The molecule has 0 atom stereocenters. The van der Waals surface area contributed by atoms with Crippen LogP contribution in [0.25, 0.3) is 0 Å². The van der Waals surface area contributed by atoms with E-state index in [9.17, 15) is 4.79 Å². The molecule has 0 fully saturated rings. The molecule has 1 aromatic carbocycles. The monoisotopic (exact) mass is 413 g/mol. The standard InChI is InChI=1S/C15H13BrClN3O2S/c1-8-11(16)4-6-13(18-8)19-15(23)20-14(21)10-7-9(17)3-5-12(10)22-2/h3-7H,1-2H3,(H2,18,19,20,21,23). The first-order valence-corrected chi connectivity index (χ1v) is 8.07. The number of thiocarbonyl (C=S) groups is 1. The maximum absolute atomic E-state index is 12.3. The van der Waals surface area contributed by atoms with E-state index in [-0.39, 0.29) is 5.11 Å². The van der Waals surface area contributed by atoms with Crippen molar-refractivity contribution < 1.29 is 9.53 Å². The van der Waals surface area contributed by atoms with Gasteiger partial charge in [-0.2, -0.15) is 0 Å². The van der Waals surface area contributed by atoms with Gasteiger partial charge >= 0.3 is 0 Å². The van der Waals surface area contributed by atoms with Gasteiger partial charge in [-0.15, -0.1) is 0 Å². The van der Waals surface area contributed by atoms with E-state index >= 15 is 0 Å². The second-order valence-electron chi connectivity index (χ2n) is 4.52. The van der Waals surface area contributed by atoms with Gasteiger partial charge in [0, 0.05) is 9.50 Å². The second-order valence-corrected chi connectivity index (χ2v) is 6.22. The molecule has 1 aromatic heterocycles. The second kappa shape index (κ2) is 7.72. The summed E-state index contributed by atoms with van der Waals surface area (Å²) in [5.41, 5.74) is 1.10. The normalized spacial score (nSPS) is 10.1. The molecule has 0 saturated heterocycles. The fourth-order valence-electron chi connectivity index (χ4n) is 1.79. The van der Waals surface area contributed by atoms with Gasteiger partial charge in [0.1, 0.15) is 11.6 Å². The summed E-state index contributed by atoms with van der Waals surface area (Å²) in [5.74, 6) is 0.525. The summed E-state index contributed by atoms with van der Waals surface area (Å²) in [7, 11) is 1.48. The third kappa shape index (κ3) is 4.63. The summed E-state index contributed by atoms with van der Waals surface area (Å²) >= 11 is 14.4. The highest BCUT2D eigenvalue weighted by molar-refractivity contribution is 9.10. The minimum atomic E-state index is -0.421. The molecule has 120 valence electrons. The predicted molar refractivity (Wildman–Crippen MR) is 98.4 cm³/mol. The molecule has 23 heavy (non-hydrogen) atoms. The topological polar surface area (TPSA) is 63.2 Å². The van der Waals surface area contributed by atoms with Gasteiger partial charge in [0.25, 0.3) is 5.91 Å². The first kappa shape index (κ1) is 17.7. The zero-order chi connectivity index (χ0) is 17.0. The Morgan fingerprint density at radius 3 is 2.74 bits per heavy atom. The van der Waals surface area contributed by atoms with Gasteiger partial charge < -0.3 is 10.1 Å². The van der Waals surface area contributed by atoms with Gasteiger partial charge in [-0.25, -0.2) is 4.98 Å². The van der Waals surface area contributed by atoms with Crippen molar-refractivity contribution in [3.05, 3.63) is 51.1 Å². The number of benzene rings is 1. The number of rotatable bonds is 3. The van der Waals surface area contributed by atoms with Crippen LogP contribution in [0.4, 0.5) is 5.82 Å². The Morgan fingerprint density at radius 2 is 2.09 bits per heavy atom. The van der Waals surface area contributed by atoms with Crippen LogP contribution in [-0.4, -0.2) is 23.1 Å². The molecule has 0 aliphatic heterocycles. The van der Waals surface area contributed by atoms with Crippen molar-refractivity contribution in [1.29, 1.82) is 0 Å². The molecule has 0 radical (unpaired) electrons. The highest BCUT2D eigenvalue weighted by Gasteiger charge is 2.14. The molecule has 0 aliphatic carbocycles. The highest BCUT2D eigenvalue weighted by atomic mass is 79.9. The van der Waals surface area contributed by atoms with Gasteiger partial charge in [0.2, 0.25) is 0 Å². The summed E-state index contributed by atoms with van der Waals surface area (Å²) in [5, 5.41) is 5.99. The van der Waals surface area contributed by atoms with Crippen LogP contribution in [0.5, 0.6) is 5.75 Å². The third-order valence-electron chi connectivity index (χ3n) is 2.90. The number of nitrogens with zero attached hydrogens (tertiary/aromatic N) is 1. The maximum atomic E-state index is 12.3. The summed E-state index contributed by atoms with van der Waals surface area (Å²) in [6.07, 6.45) is 0. The van der Waals surface area contributed by atoms with Gasteiger partial charge in [0.15, 0.2) is 5.11 Å². The Kier molecular flexibility index (Phi) is 5.92. The number of nitrogens with one attached hydrogen (secondary N) is 2. The van der Waals surface area contributed by atoms with E-state index in [2.05, 4.69) is 31.5 Å². The fourth-order valence-corrected chi connectivity index (χ4v) is 2.38. The molecule has 2 aromatic rings. The smallest absolute Gasteiger partial charge is 0.261 e. The third-order valence-corrected chi connectivity index (χ3v) is 4.17. The van der Waals surface area contributed by atoms with E-state index in [1.165, 1.54) is 13.2 Å². The summed E-state index contributed by atoms with van der Waals surface area (Å²) < 4.78 is 6.04. The summed E-state index contributed by atoms with van der Waals surface area (Å²) in [6, 6.07) is 8.36. The van der Waals surface area contributed by atoms with Crippen molar-refractivity contribution in [2.45, 2.75) is 6.92 Å². The van der Waals surface area contributed by atoms with E-state index in [1.807, 2.05) is 13.0 Å². The molecule has 0 bridgehead atoms. The molecule has 0 saturated carbocycles. The maximum Gasteiger partial charge on any atom is 0.261 e. The number of anilines is 1. The minimum Gasteiger partial charge on any atom is -0.496 e. The van der Waals surface area contributed by atoms with Gasteiger partial charge in [-0.1, -0.05) is 11.6 Å². The number of carbonyl (C=O) groups is 1. The first-order valence-electron chi connectivity index (χ1n) is 6.49. The Hall–Kier alpha value is -1.70. The largest absolute Gasteiger partial charge is 0.496 e. The summed E-state index contributed by atoms with van der Waals surface area (Å²) in [4.78, 5) is 16.6. The van der Waals surface area contributed by atoms with Crippen LogP contribution in [-0.2, 0) is 0 Å². The lowest BCUT2D eigenvalue weighted by molar-refractivity contribution is 0.0975. The number of hydrogen-bond acceptors (Lipinski definition) is 4. The molecule has 0 unspecified atom stereocenters. The van der Waals surface area contributed by atoms with E-state index in [0.717, 1.165) is 10.2 Å². The fraction of sp³-hybridized carbons (Fsp3) is 0.133. The number of ether oxygens (including phenoxy) is 1. The number of methoxy groups -OCH3 is 1. The van der Waals surface area contributed by atoms with Crippen LogP contribution in [0.15, 0.2) is 34.8 Å². The van der Waals surface area contributed by atoms with Crippen molar-refractivity contribution in [3.63, 3.8) is 0 Å². The zero-order valence-electron chi connectivity index (χ0n) is 12.3. The first-order chi connectivity index (χ1) is 10.9. The predicted octanol–water partition coefficient (Wildman–Crippen LogP) is 3.94. The van der Waals surface area contributed by atoms with Crippen LogP contribution in [0, 0.1) is 6.92 Å². The van der Waals surface area contributed by atoms with Crippen molar-refractivity contribution in [3.8, 4) is 5.75 Å². The number of aryl methyl sites for hydroxylation is 1. The van der Waals surface area contributed by atoms with Crippen LogP contribution in [0.2, 0.25) is 5.02 Å². The summed E-state index contributed by atoms with van der Waals surface area (Å²) in [6.45, 7) is 1.85. The molecule has 0 aliphatic rings. The molecule has 2 N–H and O–H groups in total. The van der Waals surface area contributed by atoms with Gasteiger partial charge in [-0.05, 0) is 65.4 Å². The van der Waals surface area contributed by atoms with Crippen molar-refractivity contribution >= 4 is 56.6 Å². The molecule has 0 spiro atoms. The molecular formula is C15H13BrClN3O2S. The number of amides is 1. The van der Waals surface area contributed by atoms with E-state index < -0.39 is 5.91 Å². The number of aromatic nitrogens is 1. The van der Waals surface area contributed by atoms with Crippen LogP contribution in [0.1, 0.15) is 16.1 Å². The molecular weight excluding hydrogens is 402 g/mol. The SMILES string of the molecule is COc1ccc(Cl)cc1C(=O)NC(=S)Nc1ccc(Br)c(C)n1. The number of pyridine rings is 1. The molecule has 8 heteroatoms. The molecule has 1 heterocycles. The van der Waals surface area contributed by atoms with Crippen LogP contribution < -0.4 is 15.4 Å². The lowest BCUT2D eigenvalue weighted by atomic mass is 10.2. The highest BCUT2D eigenvalue weighted by Crippen LogP contribution is 2.22. The lowest BCUT2D eigenvalue weighted by Crippen LogP contribution is -2.34. The quantitative estimate of drug-likeness (QED) is 0.745. The van der Waals surface area contributed by atoms with Crippen LogP contribution >= 0.6 is 39.7 Å². The molecule has 5 nitrogen and oxygen atoms in total. The number of carbonyl (C=O) groups excluding carboxylic acids is 1. The van der Waals surface area contributed by atoms with Crippen molar-refractivity contribution in [2.75, 3.05) is 12.4 Å². The Morgan fingerprint density at radius 1 is 1.35 bits per heavy atom. The van der Waals surface area contributed by atoms with Crippen molar-refractivity contribution in [1.82, 2.24) is 10.3 Å². The average Bonchev–Trinajstić information content (AvgIpc) is 2.50. The number of halogens is 2. The Labute approximate surface area is 152 Å². The van der Waals surface area contributed by atoms with Gasteiger partial charge in [0.05, 0.1) is 18.4 Å². The van der Waals surface area contributed by atoms with E-state index in [1.54, 1.807) is 18.2 Å². The Balaban J connectivity index is 2.09. The average molecular weight is 415 g/mol. The van der Waals surface area contributed by atoms with Gasteiger partial charge in [-0.3, -0.25) is 10.1 Å². The minimum absolute atomic E-state index is 0.131. The van der Waals surface area contributed by atoms with E-state index in [0.29, 0.717) is 22.2 Å². The lowest BCUT2D eigenvalue weighted by Gasteiger charge is -2.12. The molecule has 2 rings (SSSR count). The Bertz CT molecular complexity index is 770.